The molecule has 6 nitrogen and oxygen atoms in total. The van der Waals surface area contributed by atoms with Gasteiger partial charge in [0.05, 0.1) is 48.5 Å². The van der Waals surface area contributed by atoms with Crippen LogP contribution in [0.3, 0.4) is 0 Å². The number of halogens is 1. The second kappa shape index (κ2) is 7.20. The van der Waals surface area contributed by atoms with Crippen LogP contribution in [0.15, 0.2) is 48.5 Å². The van der Waals surface area contributed by atoms with Crippen LogP contribution in [0.25, 0.3) is 10.2 Å². The lowest BCUT2D eigenvalue weighted by atomic mass is 10.2. The highest BCUT2D eigenvalue weighted by atomic mass is 32.1. The maximum absolute atomic E-state index is 13.2. The number of thiazole rings is 1. The van der Waals surface area contributed by atoms with Crippen LogP contribution in [0.5, 0.6) is 0 Å². The molecule has 2 saturated heterocycles. The number of nitrogens with one attached hydrogen (secondary N) is 1. The molecule has 1 aromatic heterocycles. The van der Waals surface area contributed by atoms with Gasteiger partial charge in [-0.3, -0.25) is 9.59 Å². The zero-order valence-electron chi connectivity index (χ0n) is 15.7. The first-order valence-electron chi connectivity index (χ1n) is 9.67. The van der Waals surface area contributed by atoms with E-state index in [2.05, 4.69) is 11.0 Å². The van der Waals surface area contributed by atoms with Gasteiger partial charge in [-0.1, -0.05) is 23.5 Å². The molecule has 3 aromatic rings. The number of quaternary nitrogens is 1. The molecule has 1 N–H and O–H groups in total. The van der Waals surface area contributed by atoms with E-state index in [1.807, 2.05) is 18.2 Å². The summed E-state index contributed by atoms with van der Waals surface area (Å²) in [6.07, 6.45) is 0.201. The van der Waals surface area contributed by atoms with Crippen molar-refractivity contribution in [2.75, 3.05) is 36.0 Å². The number of nitrogens with zero attached hydrogens (tertiary/aromatic N) is 3. The third kappa shape index (κ3) is 3.28. The van der Waals surface area contributed by atoms with Crippen molar-refractivity contribution < 1.29 is 18.9 Å². The van der Waals surface area contributed by atoms with Crippen LogP contribution in [0.1, 0.15) is 6.42 Å². The number of hydrogen-bond donors (Lipinski definition) is 1. The normalized spacial score (nSPS) is 20.8. The maximum atomic E-state index is 13.2. The molecule has 2 fully saturated rings. The van der Waals surface area contributed by atoms with Crippen LogP contribution in [0.4, 0.5) is 15.2 Å². The van der Waals surface area contributed by atoms with E-state index in [9.17, 15) is 14.0 Å². The van der Waals surface area contributed by atoms with Gasteiger partial charge < -0.3 is 9.80 Å². The van der Waals surface area contributed by atoms with Gasteiger partial charge in [0.15, 0.2) is 11.2 Å². The minimum atomic E-state index is -0.388. The standard InChI is InChI=1S/C21H19FN4O2S/c22-14-5-7-15(8-6-14)26-19(27)13-17(20(26)28)24-9-11-25(12-10-24)21-23-16-3-1-2-4-18(16)29-21/h1-8,17H,9-13H2/p+1/t17-/m0/s1. The zero-order valence-corrected chi connectivity index (χ0v) is 16.5. The Kier molecular flexibility index (Phi) is 4.52. The fourth-order valence-corrected chi connectivity index (χ4v) is 5.16. The van der Waals surface area contributed by atoms with Crippen LogP contribution >= 0.6 is 11.3 Å². The smallest absolute Gasteiger partial charge is 0.292 e. The minimum absolute atomic E-state index is 0.190. The predicted molar refractivity (Wildman–Crippen MR) is 110 cm³/mol. The van der Waals surface area contributed by atoms with Crippen LogP contribution in [0.2, 0.25) is 0 Å². The third-order valence-corrected chi connectivity index (χ3v) is 6.78. The molecule has 2 amide bonds. The molecule has 148 valence electrons. The van der Waals surface area contributed by atoms with Crippen molar-refractivity contribution in [3.8, 4) is 0 Å². The molecular formula is C21H20FN4O2S+. The Morgan fingerprint density at radius 1 is 1.03 bits per heavy atom. The lowest BCUT2D eigenvalue weighted by Crippen LogP contribution is -3.19. The van der Waals surface area contributed by atoms with Crippen LogP contribution in [-0.4, -0.2) is 49.0 Å². The number of rotatable bonds is 3. The molecule has 0 unspecified atom stereocenters. The van der Waals surface area contributed by atoms with Gasteiger partial charge in [-0.2, -0.15) is 0 Å². The topological polar surface area (TPSA) is 58.0 Å². The van der Waals surface area contributed by atoms with Gasteiger partial charge in [-0.15, -0.1) is 0 Å². The number of amides is 2. The summed E-state index contributed by atoms with van der Waals surface area (Å²) in [7, 11) is 0. The molecule has 0 bridgehead atoms. The highest BCUT2D eigenvalue weighted by molar-refractivity contribution is 7.22. The number of hydrogen-bond acceptors (Lipinski definition) is 5. The number of benzene rings is 2. The molecule has 0 saturated carbocycles. The zero-order chi connectivity index (χ0) is 20.0. The Labute approximate surface area is 171 Å². The van der Waals surface area contributed by atoms with Crippen molar-refractivity contribution in [1.82, 2.24) is 4.98 Å². The van der Waals surface area contributed by atoms with Crippen LogP contribution < -0.4 is 14.7 Å². The van der Waals surface area contributed by atoms with E-state index in [4.69, 9.17) is 4.98 Å². The van der Waals surface area contributed by atoms with Gasteiger partial charge in [-0.25, -0.2) is 14.3 Å². The van der Waals surface area contributed by atoms with E-state index in [0.29, 0.717) is 5.69 Å². The van der Waals surface area contributed by atoms with Crippen molar-refractivity contribution >= 4 is 44.2 Å². The maximum Gasteiger partial charge on any atom is 0.292 e. The van der Waals surface area contributed by atoms with Crippen LogP contribution in [0, 0.1) is 5.82 Å². The summed E-state index contributed by atoms with van der Waals surface area (Å²) >= 11 is 1.68. The van der Waals surface area contributed by atoms with Gasteiger partial charge in [0, 0.05) is 0 Å². The van der Waals surface area contributed by atoms with E-state index >= 15 is 0 Å². The number of anilines is 2. The summed E-state index contributed by atoms with van der Waals surface area (Å²) in [5.74, 6) is -0.793. The first kappa shape index (κ1) is 18.2. The van der Waals surface area contributed by atoms with E-state index in [-0.39, 0.29) is 30.1 Å². The van der Waals surface area contributed by atoms with Gasteiger partial charge in [0.2, 0.25) is 5.91 Å². The van der Waals surface area contributed by atoms with Crippen molar-refractivity contribution in [3.63, 3.8) is 0 Å². The van der Waals surface area contributed by atoms with E-state index < -0.39 is 0 Å². The quantitative estimate of drug-likeness (QED) is 0.664. The first-order valence-corrected chi connectivity index (χ1v) is 10.5. The lowest BCUT2D eigenvalue weighted by molar-refractivity contribution is -0.915. The second-order valence-electron chi connectivity index (χ2n) is 7.41. The number of piperazine rings is 1. The Morgan fingerprint density at radius 2 is 1.76 bits per heavy atom. The van der Waals surface area contributed by atoms with E-state index in [1.165, 1.54) is 33.9 Å². The second-order valence-corrected chi connectivity index (χ2v) is 8.42. The number of imide groups is 1. The third-order valence-electron chi connectivity index (χ3n) is 5.68. The van der Waals surface area contributed by atoms with Gasteiger partial charge in [0.25, 0.3) is 5.91 Å². The Hall–Kier alpha value is -2.84. The fraction of sp³-hybridized carbons (Fsp3) is 0.286. The first-order chi connectivity index (χ1) is 14.1. The number of carbonyl (C=O) groups excluding carboxylic acids is 2. The van der Waals surface area contributed by atoms with Gasteiger partial charge in [-0.05, 0) is 36.4 Å². The van der Waals surface area contributed by atoms with E-state index in [0.717, 1.165) is 41.7 Å². The summed E-state index contributed by atoms with van der Waals surface area (Å²) in [4.78, 5) is 34.7. The highest BCUT2D eigenvalue weighted by Crippen LogP contribution is 2.28. The molecule has 1 atom stereocenters. The average molecular weight is 411 g/mol. The highest BCUT2D eigenvalue weighted by Gasteiger charge is 2.46. The SMILES string of the molecule is O=C1C[C@H]([NH+]2CCN(c3nc4ccccc4s3)CC2)C(=O)N1c1ccc(F)cc1. The Morgan fingerprint density at radius 3 is 2.48 bits per heavy atom. The number of carbonyl (C=O) groups is 2. The molecule has 0 aliphatic carbocycles. The average Bonchev–Trinajstić information content (AvgIpc) is 3.30. The van der Waals surface area contributed by atoms with Crippen molar-refractivity contribution in [3.05, 3.63) is 54.3 Å². The van der Waals surface area contributed by atoms with Crippen molar-refractivity contribution in [1.29, 1.82) is 0 Å². The fourth-order valence-electron chi connectivity index (χ4n) is 4.14. The minimum Gasteiger partial charge on any atom is -0.337 e. The van der Waals surface area contributed by atoms with Crippen LogP contribution in [-0.2, 0) is 9.59 Å². The Balaban J connectivity index is 1.27. The molecular weight excluding hydrogens is 391 g/mol. The molecule has 0 spiro atoms. The molecule has 3 heterocycles. The van der Waals surface area contributed by atoms with Gasteiger partial charge in [0.1, 0.15) is 5.82 Å². The summed E-state index contributed by atoms with van der Waals surface area (Å²) in [5, 5.41) is 1.01. The van der Waals surface area contributed by atoms with Gasteiger partial charge >= 0.3 is 0 Å². The summed E-state index contributed by atoms with van der Waals surface area (Å²) < 4.78 is 14.3. The van der Waals surface area contributed by atoms with E-state index in [1.54, 1.807) is 11.3 Å². The van der Waals surface area contributed by atoms with Crippen molar-refractivity contribution in [2.45, 2.75) is 12.5 Å². The molecule has 8 heteroatoms. The molecule has 0 radical (unpaired) electrons. The molecule has 2 aliphatic rings. The summed E-state index contributed by atoms with van der Waals surface area (Å²) in [6, 6.07) is 13.2. The molecule has 2 aliphatic heterocycles. The number of para-hydroxylation sites is 1. The molecule has 5 rings (SSSR count). The molecule has 2 aromatic carbocycles. The largest absolute Gasteiger partial charge is 0.337 e. The number of fused-ring (bicyclic) bond motifs is 1. The predicted octanol–water partition coefficient (Wildman–Crippen LogP) is 1.47. The Bertz CT molecular complexity index is 1040. The summed E-state index contributed by atoms with van der Waals surface area (Å²) in [5.41, 5.74) is 1.45. The summed E-state index contributed by atoms with van der Waals surface area (Å²) in [6.45, 7) is 3.14. The van der Waals surface area contributed by atoms with Crippen molar-refractivity contribution in [2.24, 2.45) is 0 Å². The monoisotopic (exact) mass is 411 g/mol. The lowest BCUT2D eigenvalue weighted by Gasteiger charge is -2.34. The number of aromatic nitrogens is 1. The molecule has 29 heavy (non-hydrogen) atoms.